The molecule has 6 heteroatoms. The van der Waals surface area contributed by atoms with Gasteiger partial charge in [0.15, 0.2) is 0 Å². The van der Waals surface area contributed by atoms with Gasteiger partial charge in [0, 0.05) is 19.6 Å². The predicted octanol–water partition coefficient (Wildman–Crippen LogP) is 1.47. The van der Waals surface area contributed by atoms with E-state index in [-0.39, 0.29) is 6.04 Å². The van der Waals surface area contributed by atoms with Crippen LogP contribution in [0.15, 0.2) is 0 Å². The highest BCUT2D eigenvalue weighted by Crippen LogP contribution is 2.18. The Morgan fingerprint density at radius 3 is 2.26 bits per heavy atom. The zero-order chi connectivity index (χ0) is 14.1. The van der Waals surface area contributed by atoms with Gasteiger partial charge in [-0.3, -0.25) is 0 Å². The van der Waals surface area contributed by atoms with Crippen LogP contribution in [0, 0.1) is 0 Å². The van der Waals surface area contributed by atoms with Crippen LogP contribution in [0.1, 0.15) is 51.4 Å². The van der Waals surface area contributed by atoms with Gasteiger partial charge in [0.05, 0.1) is 0 Å². The van der Waals surface area contributed by atoms with E-state index in [0.29, 0.717) is 6.54 Å². The summed E-state index contributed by atoms with van der Waals surface area (Å²) in [6.45, 7) is 1.40. The molecule has 1 saturated carbocycles. The molecule has 0 saturated heterocycles. The molecule has 1 rings (SSSR count). The topological polar surface area (TPSA) is 61.4 Å². The molecular formula is C13H29N3O2S. The molecule has 0 unspecified atom stereocenters. The van der Waals surface area contributed by atoms with E-state index in [9.17, 15) is 8.42 Å². The van der Waals surface area contributed by atoms with E-state index in [1.54, 1.807) is 7.05 Å². The van der Waals surface area contributed by atoms with Gasteiger partial charge >= 0.3 is 0 Å². The first-order chi connectivity index (χ1) is 9.06. The molecule has 0 aromatic rings. The van der Waals surface area contributed by atoms with Gasteiger partial charge < -0.3 is 5.32 Å². The number of nitrogens with one attached hydrogen (secondary N) is 2. The van der Waals surface area contributed by atoms with Crippen molar-refractivity contribution in [1.82, 2.24) is 14.3 Å². The van der Waals surface area contributed by atoms with Crippen LogP contribution >= 0.6 is 0 Å². The summed E-state index contributed by atoms with van der Waals surface area (Å²) in [4.78, 5) is 0. The van der Waals surface area contributed by atoms with Crippen molar-refractivity contribution in [2.75, 3.05) is 27.2 Å². The quantitative estimate of drug-likeness (QED) is 0.698. The Bertz CT molecular complexity index is 325. The standard InChI is InChI=1S/C13H29N3O2S/c1-14-11-8-12-16(2)19(17,18)15-13-9-6-4-3-5-7-10-13/h13-15H,3-12H2,1-2H3. The first-order valence-electron chi connectivity index (χ1n) is 7.44. The van der Waals surface area contributed by atoms with Crippen molar-refractivity contribution in [3.63, 3.8) is 0 Å². The molecule has 0 aliphatic heterocycles. The Labute approximate surface area is 118 Å². The molecule has 0 radical (unpaired) electrons. The first-order valence-corrected chi connectivity index (χ1v) is 8.88. The van der Waals surface area contributed by atoms with Crippen LogP contribution in [-0.2, 0) is 10.2 Å². The molecule has 114 valence electrons. The average molecular weight is 291 g/mol. The van der Waals surface area contributed by atoms with Crippen molar-refractivity contribution in [3.05, 3.63) is 0 Å². The first kappa shape index (κ1) is 16.9. The zero-order valence-electron chi connectivity index (χ0n) is 12.3. The van der Waals surface area contributed by atoms with Crippen LogP contribution in [0.4, 0.5) is 0 Å². The van der Waals surface area contributed by atoms with Gasteiger partial charge in [0.1, 0.15) is 0 Å². The van der Waals surface area contributed by atoms with Gasteiger partial charge in [0.2, 0.25) is 0 Å². The molecule has 0 aromatic heterocycles. The van der Waals surface area contributed by atoms with Gasteiger partial charge in [-0.25, -0.2) is 0 Å². The minimum absolute atomic E-state index is 0.122. The molecule has 0 amide bonds. The van der Waals surface area contributed by atoms with E-state index in [1.165, 1.54) is 23.6 Å². The maximum atomic E-state index is 12.2. The third-order valence-corrected chi connectivity index (χ3v) is 5.37. The van der Waals surface area contributed by atoms with Crippen molar-refractivity contribution in [1.29, 1.82) is 0 Å². The van der Waals surface area contributed by atoms with Crippen LogP contribution < -0.4 is 10.0 Å². The van der Waals surface area contributed by atoms with Gasteiger partial charge in [0.25, 0.3) is 10.2 Å². The monoisotopic (exact) mass is 291 g/mol. The molecule has 19 heavy (non-hydrogen) atoms. The molecule has 0 bridgehead atoms. The average Bonchev–Trinajstić information content (AvgIpc) is 2.32. The molecular weight excluding hydrogens is 262 g/mol. The zero-order valence-corrected chi connectivity index (χ0v) is 13.1. The van der Waals surface area contributed by atoms with Gasteiger partial charge in [-0.15, -0.1) is 0 Å². The van der Waals surface area contributed by atoms with Gasteiger partial charge in [-0.2, -0.15) is 17.4 Å². The number of rotatable bonds is 7. The van der Waals surface area contributed by atoms with Gasteiger partial charge in [-0.05, 0) is 32.9 Å². The maximum Gasteiger partial charge on any atom is 0.279 e. The molecule has 2 N–H and O–H groups in total. The van der Waals surface area contributed by atoms with Crippen molar-refractivity contribution in [2.45, 2.75) is 57.4 Å². The largest absolute Gasteiger partial charge is 0.320 e. The Hall–Kier alpha value is -0.170. The van der Waals surface area contributed by atoms with Crippen LogP contribution in [0.5, 0.6) is 0 Å². The summed E-state index contributed by atoms with van der Waals surface area (Å²) in [5, 5.41) is 3.03. The third-order valence-electron chi connectivity index (χ3n) is 3.73. The number of nitrogens with zero attached hydrogens (tertiary/aromatic N) is 1. The van der Waals surface area contributed by atoms with Crippen LogP contribution in [-0.4, -0.2) is 45.9 Å². The van der Waals surface area contributed by atoms with E-state index in [2.05, 4.69) is 10.0 Å². The smallest absolute Gasteiger partial charge is 0.279 e. The van der Waals surface area contributed by atoms with E-state index < -0.39 is 10.2 Å². The molecule has 1 aliphatic carbocycles. The van der Waals surface area contributed by atoms with Crippen molar-refractivity contribution in [3.8, 4) is 0 Å². The highest BCUT2D eigenvalue weighted by Gasteiger charge is 2.22. The Morgan fingerprint density at radius 2 is 1.68 bits per heavy atom. The second-order valence-corrected chi connectivity index (χ2v) is 7.25. The summed E-state index contributed by atoms with van der Waals surface area (Å²) >= 11 is 0. The fourth-order valence-corrected chi connectivity index (χ4v) is 3.68. The second kappa shape index (κ2) is 8.89. The van der Waals surface area contributed by atoms with Crippen molar-refractivity contribution >= 4 is 10.2 Å². The lowest BCUT2D eigenvalue weighted by Gasteiger charge is -2.24. The van der Waals surface area contributed by atoms with E-state index in [1.807, 2.05) is 7.05 Å². The van der Waals surface area contributed by atoms with Crippen LogP contribution in [0.3, 0.4) is 0 Å². The maximum absolute atomic E-state index is 12.2. The van der Waals surface area contributed by atoms with E-state index in [4.69, 9.17) is 0 Å². The fraction of sp³-hybridized carbons (Fsp3) is 1.00. The Balaban J connectivity index is 2.42. The SMILES string of the molecule is CNCCCN(C)S(=O)(=O)NC1CCCCCCC1. The van der Waals surface area contributed by atoms with Crippen LogP contribution in [0.2, 0.25) is 0 Å². The lowest BCUT2D eigenvalue weighted by molar-refractivity contribution is 0.400. The summed E-state index contributed by atoms with van der Waals surface area (Å²) in [5.41, 5.74) is 0. The summed E-state index contributed by atoms with van der Waals surface area (Å²) in [6, 6.07) is 0.122. The lowest BCUT2D eigenvalue weighted by Crippen LogP contribution is -2.44. The van der Waals surface area contributed by atoms with Crippen molar-refractivity contribution < 1.29 is 8.42 Å². The van der Waals surface area contributed by atoms with E-state index in [0.717, 1.165) is 38.6 Å². The summed E-state index contributed by atoms with van der Waals surface area (Å²) in [7, 11) is 0.217. The highest BCUT2D eigenvalue weighted by atomic mass is 32.2. The molecule has 5 nitrogen and oxygen atoms in total. The highest BCUT2D eigenvalue weighted by molar-refractivity contribution is 7.87. The molecule has 0 aromatic carbocycles. The second-order valence-electron chi connectivity index (χ2n) is 5.44. The molecule has 1 fully saturated rings. The third kappa shape index (κ3) is 6.70. The summed E-state index contributed by atoms with van der Waals surface area (Å²) < 4.78 is 28.7. The molecule has 1 aliphatic rings. The number of hydrogen-bond donors (Lipinski definition) is 2. The minimum Gasteiger partial charge on any atom is -0.320 e. The minimum atomic E-state index is -3.31. The fourth-order valence-electron chi connectivity index (χ4n) is 2.47. The summed E-state index contributed by atoms with van der Waals surface area (Å²) in [6.07, 6.45) is 8.81. The van der Waals surface area contributed by atoms with E-state index >= 15 is 0 Å². The Kier molecular flexibility index (Phi) is 7.90. The summed E-state index contributed by atoms with van der Waals surface area (Å²) in [5.74, 6) is 0. The lowest BCUT2D eigenvalue weighted by atomic mass is 9.97. The van der Waals surface area contributed by atoms with Gasteiger partial charge in [-0.1, -0.05) is 32.1 Å². The molecule has 0 atom stereocenters. The number of hydrogen-bond acceptors (Lipinski definition) is 3. The molecule has 0 heterocycles. The Morgan fingerprint density at radius 1 is 1.11 bits per heavy atom. The molecule has 0 spiro atoms. The predicted molar refractivity (Wildman–Crippen MR) is 79.3 cm³/mol. The normalized spacial score (nSPS) is 19.3. The van der Waals surface area contributed by atoms with Crippen LogP contribution in [0.25, 0.3) is 0 Å². The van der Waals surface area contributed by atoms with Crippen molar-refractivity contribution in [2.24, 2.45) is 0 Å².